The van der Waals surface area contributed by atoms with Gasteiger partial charge in [-0.2, -0.15) is 0 Å². The van der Waals surface area contributed by atoms with Crippen LogP contribution in [0.3, 0.4) is 0 Å². The smallest absolute Gasteiger partial charge is 0.657 e. The molecule has 0 amide bonds. The van der Waals surface area contributed by atoms with Gasteiger partial charge in [0.15, 0.2) is 0 Å². The minimum atomic E-state index is -0.496. The molecule has 7 aromatic rings. The molecule has 0 saturated carbocycles. The Balaban J connectivity index is 0.00000455. The van der Waals surface area contributed by atoms with Crippen LogP contribution >= 0.6 is 0 Å². The van der Waals surface area contributed by atoms with Crippen LogP contribution in [0.15, 0.2) is 121 Å². The summed E-state index contributed by atoms with van der Waals surface area (Å²) in [6, 6.07) is 36.6. The van der Waals surface area contributed by atoms with Crippen LogP contribution in [0, 0.1) is 0 Å². The van der Waals surface area contributed by atoms with E-state index in [4.69, 9.17) is 29.4 Å². The Morgan fingerprint density at radius 3 is 1.32 bits per heavy atom. The molecule has 57 heavy (non-hydrogen) atoms. The Bertz CT molecular complexity index is 2840. The van der Waals surface area contributed by atoms with E-state index in [0.717, 1.165) is 43.8 Å². The zero-order chi connectivity index (χ0) is 38.2. The van der Waals surface area contributed by atoms with Crippen LogP contribution in [0.5, 0.6) is 0 Å². The van der Waals surface area contributed by atoms with E-state index in [1.807, 2.05) is 85.0 Å². The predicted octanol–water partition coefficient (Wildman–Crippen LogP) is 9.92. The number of carbonyl (C=O) groups excluding carboxylic acids is 2. The first kappa shape index (κ1) is 37.0. The average molecular weight is 794 g/mol. The van der Waals surface area contributed by atoms with Gasteiger partial charge >= 0.3 is 31.4 Å². The fraction of sp³-hybridized carbons (Fsp3) is 0.0417. The number of carbonyl (C=O) groups is 2. The molecule has 0 unspecified atom stereocenters. The third-order valence-corrected chi connectivity index (χ3v) is 9.98. The van der Waals surface area contributed by atoms with Crippen LogP contribution in [0.1, 0.15) is 33.9 Å². The van der Waals surface area contributed by atoms with Crippen molar-refractivity contribution in [3.8, 4) is 22.3 Å². The molecule has 2 aliphatic rings. The van der Waals surface area contributed by atoms with E-state index < -0.39 is 11.9 Å². The van der Waals surface area contributed by atoms with Gasteiger partial charge in [0.05, 0.1) is 37.0 Å². The predicted molar refractivity (Wildman–Crippen MR) is 225 cm³/mol. The quantitative estimate of drug-likeness (QED) is 0.0931. The van der Waals surface area contributed by atoms with E-state index >= 15 is 0 Å². The van der Waals surface area contributed by atoms with Crippen molar-refractivity contribution < 1.29 is 38.5 Å². The summed E-state index contributed by atoms with van der Waals surface area (Å²) in [4.78, 5) is 45.8. The number of rotatable bonds is 6. The van der Waals surface area contributed by atoms with Crippen molar-refractivity contribution >= 4 is 92.0 Å². The number of fused-ring (bicyclic) bond motifs is 10. The molecule has 3 aromatic heterocycles. The molecule has 9 heteroatoms. The molecule has 0 radical (unpaired) electrons. The van der Waals surface area contributed by atoms with Crippen molar-refractivity contribution in [3.05, 3.63) is 155 Å². The molecule has 0 atom stereocenters. The molecule has 0 fully saturated rings. The first-order valence-electron chi connectivity index (χ1n) is 18.0. The maximum Gasteiger partial charge on any atom is 2.00 e. The van der Waals surface area contributed by atoms with E-state index in [0.29, 0.717) is 56.0 Å². The van der Waals surface area contributed by atoms with Crippen LogP contribution in [0.2, 0.25) is 0 Å². The maximum absolute atomic E-state index is 12.5. The Morgan fingerprint density at radius 1 is 0.491 bits per heavy atom. The van der Waals surface area contributed by atoms with Gasteiger partial charge in [0.1, 0.15) is 0 Å². The van der Waals surface area contributed by atoms with E-state index in [9.17, 15) is 9.59 Å². The van der Waals surface area contributed by atoms with Gasteiger partial charge in [-0.25, -0.2) is 19.6 Å². The summed E-state index contributed by atoms with van der Waals surface area (Å²) in [5.41, 5.74) is 10.1. The molecule has 2 aliphatic heterocycles. The first-order chi connectivity index (χ1) is 27.5. The average Bonchev–Trinajstić information content (AvgIpc) is 4.08. The number of benzene rings is 4. The summed E-state index contributed by atoms with van der Waals surface area (Å²) in [5.74, 6) is -0.992. The van der Waals surface area contributed by atoms with Crippen molar-refractivity contribution in [3.63, 3.8) is 0 Å². The summed E-state index contributed by atoms with van der Waals surface area (Å²) in [5, 5.41) is 4.23. The van der Waals surface area contributed by atoms with Crippen molar-refractivity contribution in [1.82, 2.24) is 19.9 Å². The van der Waals surface area contributed by atoms with Crippen molar-refractivity contribution in [2.45, 2.75) is 0 Å². The second-order valence-electron chi connectivity index (χ2n) is 13.2. The Morgan fingerprint density at radius 2 is 0.877 bits per heavy atom. The third kappa shape index (κ3) is 6.94. The Labute approximate surface area is 340 Å². The molecular formula is C48H32N4O4Zn. The van der Waals surface area contributed by atoms with Gasteiger partial charge in [0.25, 0.3) is 0 Å². The minimum absolute atomic E-state index is 0. The van der Waals surface area contributed by atoms with Crippen LogP contribution in [0.25, 0.3) is 102 Å². The van der Waals surface area contributed by atoms with Crippen LogP contribution < -0.4 is 9.97 Å². The molecule has 8 bridgehead atoms. The van der Waals surface area contributed by atoms with Crippen molar-refractivity contribution in [2.24, 2.45) is 0 Å². The summed E-state index contributed by atoms with van der Waals surface area (Å²) >= 11 is 0. The summed E-state index contributed by atoms with van der Waals surface area (Å²) < 4.78 is 9.96. The summed E-state index contributed by atoms with van der Waals surface area (Å²) in [6.45, 7) is 0. The number of esters is 2. The molecule has 9 rings (SSSR count). The molecule has 0 spiro atoms. The standard InChI is InChI=1S/C48H33N4O4.Zn/c1-55-45(53)27-17-35-37-19-23-41(49-37)47(33-15-7-11-29-9-3-5-13-31(29)33)43-25-21-39(51-43)36(18-28-46(54)56-2)40-22-26-44(52-40)48(42-24-20-38(35)50-42)34-16-8-12-30-10-4-6-14-32(30)34;/h3-28H,1-2H3,(H-,49,50,51,52,53,54);/q-1;+2/p-1. The number of hydrogen-bond donors (Lipinski definition) is 0. The van der Waals surface area contributed by atoms with Gasteiger partial charge in [0.2, 0.25) is 0 Å². The van der Waals surface area contributed by atoms with E-state index in [1.54, 1.807) is 12.2 Å². The topological polar surface area (TPSA) is 107 Å². The van der Waals surface area contributed by atoms with E-state index in [1.165, 1.54) is 26.4 Å². The van der Waals surface area contributed by atoms with Crippen molar-refractivity contribution in [1.29, 1.82) is 0 Å². The van der Waals surface area contributed by atoms with Gasteiger partial charge in [-0.3, -0.25) is 0 Å². The molecule has 0 aliphatic carbocycles. The number of aromatic nitrogens is 4. The molecule has 0 N–H and O–H groups in total. The number of hydrogen-bond acceptors (Lipinski definition) is 6. The fourth-order valence-corrected chi connectivity index (χ4v) is 7.35. The van der Waals surface area contributed by atoms with Crippen LogP contribution in [0.4, 0.5) is 0 Å². The molecule has 4 aromatic carbocycles. The molecule has 5 heterocycles. The molecular weight excluding hydrogens is 762 g/mol. The van der Waals surface area contributed by atoms with E-state index in [-0.39, 0.29) is 19.5 Å². The second-order valence-corrected chi connectivity index (χ2v) is 13.2. The maximum atomic E-state index is 12.5. The van der Waals surface area contributed by atoms with E-state index in [2.05, 4.69) is 48.5 Å². The summed E-state index contributed by atoms with van der Waals surface area (Å²) in [6.07, 6.45) is 14.0. The molecule has 8 nitrogen and oxygen atoms in total. The molecule has 0 saturated heterocycles. The Hall–Kier alpha value is -6.96. The zero-order valence-electron chi connectivity index (χ0n) is 31.1. The van der Waals surface area contributed by atoms with Crippen LogP contribution in [-0.2, 0) is 38.5 Å². The first-order valence-corrected chi connectivity index (χ1v) is 18.0. The fourth-order valence-electron chi connectivity index (χ4n) is 7.35. The monoisotopic (exact) mass is 792 g/mol. The third-order valence-electron chi connectivity index (χ3n) is 9.98. The second kappa shape index (κ2) is 15.7. The van der Waals surface area contributed by atoms with Gasteiger partial charge < -0.3 is 19.4 Å². The number of methoxy groups -OCH3 is 2. The SMILES string of the molecule is COC(=O)/C=C/c1c2nc(c(-c3cccc4ccccc34)c3ccc([n-]3)c(/C=C/C(=O)OC)c3nc(c(-c4cccc5ccccc45)c4ccc1[n-]4)C=C3)C=C2.[Zn+2]. The van der Waals surface area contributed by atoms with Gasteiger partial charge in [-0.15, -0.1) is 22.1 Å². The van der Waals surface area contributed by atoms with Gasteiger partial charge in [-0.05, 0) is 91.4 Å². The Kier molecular flexibility index (Phi) is 10.2. The van der Waals surface area contributed by atoms with Gasteiger partial charge in [0, 0.05) is 12.2 Å². The number of nitrogens with zero attached hydrogens (tertiary/aromatic N) is 4. The largest absolute Gasteiger partial charge is 2.00 e. The number of ether oxygens (including phenoxy) is 2. The summed E-state index contributed by atoms with van der Waals surface area (Å²) in [7, 11) is 2.70. The normalized spacial score (nSPS) is 12.1. The van der Waals surface area contributed by atoms with Gasteiger partial charge in [-0.1, -0.05) is 109 Å². The van der Waals surface area contributed by atoms with Crippen molar-refractivity contribution in [2.75, 3.05) is 14.2 Å². The zero-order valence-corrected chi connectivity index (χ0v) is 34.1. The minimum Gasteiger partial charge on any atom is -0.657 e. The molecule has 270 valence electrons. The van der Waals surface area contributed by atoms with Crippen LogP contribution in [-0.4, -0.2) is 36.1 Å².